The van der Waals surface area contributed by atoms with Crippen LogP contribution < -0.4 is 20.7 Å². The van der Waals surface area contributed by atoms with Gasteiger partial charge in [0.25, 0.3) is 5.91 Å². The van der Waals surface area contributed by atoms with E-state index >= 15 is 0 Å². The predicted octanol–water partition coefficient (Wildman–Crippen LogP) is 10.4. The normalized spacial score (nSPS) is 13.5. The lowest BCUT2D eigenvalue weighted by atomic mass is 9.96. The SMILES string of the molecule is CC[C@@H](C)[C@H](NC(=O)c1nc(-c2coc(-c3csc(-c4coc(-c5coc(C(COC(C)(C)C)NC(=O)OC(C)(C)C)n5)n4)n3)n2)oc1-c1ccccc1)C(=O)N[C@H](C(=O)Oc1c(F)c(F)c(F)c(F)c1F)C(C)C. The molecule has 2 aromatic carbocycles. The first-order valence-corrected chi connectivity index (χ1v) is 24.1. The van der Waals surface area contributed by atoms with E-state index in [4.69, 9.17) is 27.1 Å². The highest BCUT2D eigenvalue weighted by atomic mass is 32.1. The predicted molar refractivity (Wildman–Crippen MR) is 257 cm³/mol. The molecule has 1 unspecified atom stereocenters. The molecule has 5 aromatic heterocycles. The molecule has 25 heteroatoms. The zero-order valence-electron chi connectivity index (χ0n) is 42.0. The molecule has 0 fully saturated rings. The fourth-order valence-electron chi connectivity index (χ4n) is 6.83. The topological polar surface area (TPSA) is 249 Å². The molecule has 0 saturated carbocycles. The van der Waals surface area contributed by atoms with Crippen LogP contribution in [-0.2, 0) is 19.1 Å². The maximum Gasteiger partial charge on any atom is 0.408 e. The summed E-state index contributed by atoms with van der Waals surface area (Å²) >= 11 is 1.19. The summed E-state index contributed by atoms with van der Waals surface area (Å²) in [6, 6.07) is 4.50. The number of carbonyl (C=O) groups excluding carboxylic acids is 4. The number of amides is 3. The molecule has 7 rings (SSSR count). The molecule has 0 saturated heterocycles. The number of hydrogen-bond acceptors (Lipinski definition) is 17. The summed E-state index contributed by atoms with van der Waals surface area (Å²) in [4.78, 5) is 76.7. The van der Waals surface area contributed by atoms with Gasteiger partial charge in [-0.2, -0.15) is 8.78 Å². The van der Waals surface area contributed by atoms with Crippen LogP contribution in [0.25, 0.3) is 56.8 Å². The number of aromatic nitrogens is 5. The Hall–Kier alpha value is -7.80. The van der Waals surface area contributed by atoms with Crippen LogP contribution in [0.15, 0.2) is 72.2 Å². The number of ether oxygens (including phenoxy) is 3. The Morgan fingerprint density at radius 1 is 0.680 bits per heavy atom. The van der Waals surface area contributed by atoms with Crippen molar-refractivity contribution in [3.8, 4) is 62.5 Å². The van der Waals surface area contributed by atoms with Gasteiger partial charge >= 0.3 is 12.1 Å². The Balaban J connectivity index is 1.08. The van der Waals surface area contributed by atoms with Crippen molar-refractivity contribution in [1.82, 2.24) is 40.9 Å². The number of nitrogens with zero attached hydrogens (tertiary/aromatic N) is 5. The Kier molecular flexibility index (Phi) is 16.4. The number of thiazole rings is 1. The smallest absolute Gasteiger partial charge is 0.408 e. The van der Waals surface area contributed by atoms with E-state index in [2.05, 4.69) is 45.6 Å². The fourth-order valence-corrected chi connectivity index (χ4v) is 7.57. The lowest BCUT2D eigenvalue weighted by Gasteiger charge is -2.27. The molecule has 3 amide bonds. The van der Waals surface area contributed by atoms with Crippen molar-refractivity contribution in [2.75, 3.05) is 6.61 Å². The van der Waals surface area contributed by atoms with Gasteiger partial charge < -0.3 is 47.8 Å². The first kappa shape index (κ1) is 55.0. The van der Waals surface area contributed by atoms with Crippen LogP contribution in [0.2, 0.25) is 0 Å². The molecule has 0 radical (unpaired) electrons. The van der Waals surface area contributed by atoms with E-state index in [0.29, 0.717) is 22.7 Å². The molecule has 7 aromatic rings. The van der Waals surface area contributed by atoms with E-state index in [9.17, 15) is 41.1 Å². The Labute approximate surface area is 429 Å². The summed E-state index contributed by atoms with van der Waals surface area (Å²) in [6.45, 7) is 17.0. The van der Waals surface area contributed by atoms with Gasteiger partial charge in [-0.15, -0.1) is 11.3 Å². The van der Waals surface area contributed by atoms with E-state index in [-0.39, 0.29) is 58.7 Å². The first-order chi connectivity index (χ1) is 35.3. The summed E-state index contributed by atoms with van der Waals surface area (Å²) < 4.78 is 110. The third-order valence-electron chi connectivity index (χ3n) is 10.8. The van der Waals surface area contributed by atoms with Crippen LogP contribution in [0.4, 0.5) is 26.7 Å². The molecule has 0 aliphatic carbocycles. The third kappa shape index (κ3) is 12.9. The van der Waals surface area contributed by atoms with Gasteiger partial charge in [-0.1, -0.05) is 64.4 Å². The van der Waals surface area contributed by atoms with Crippen molar-refractivity contribution in [2.24, 2.45) is 11.8 Å². The minimum Gasteiger partial charge on any atom is -0.446 e. The second-order valence-corrected chi connectivity index (χ2v) is 20.1. The van der Waals surface area contributed by atoms with Gasteiger partial charge in [0.2, 0.25) is 64.3 Å². The van der Waals surface area contributed by atoms with Gasteiger partial charge in [-0.3, -0.25) is 9.59 Å². The number of alkyl carbamates (subject to hydrolysis) is 1. The second kappa shape index (κ2) is 22.4. The van der Waals surface area contributed by atoms with Crippen molar-refractivity contribution in [1.29, 1.82) is 0 Å². The van der Waals surface area contributed by atoms with Crippen molar-refractivity contribution >= 4 is 35.2 Å². The summed E-state index contributed by atoms with van der Waals surface area (Å²) in [5, 5.41) is 9.82. The molecule has 3 N–H and O–H groups in total. The maximum absolute atomic E-state index is 14.4. The van der Waals surface area contributed by atoms with E-state index in [1.54, 1.807) is 70.3 Å². The lowest BCUT2D eigenvalue weighted by molar-refractivity contribution is -0.141. The summed E-state index contributed by atoms with van der Waals surface area (Å²) in [6.07, 6.45) is 3.54. The molecule has 4 atom stereocenters. The van der Waals surface area contributed by atoms with Crippen LogP contribution in [0.1, 0.15) is 98.1 Å². The van der Waals surface area contributed by atoms with Gasteiger partial charge in [-0.05, 0) is 53.4 Å². The van der Waals surface area contributed by atoms with Crippen molar-refractivity contribution < 1.29 is 73.0 Å². The molecular formula is C50H51F5N8O11S. The number of nitrogens with one attached hydrogen (secondary N) is 3. The van der Waals surface area contributed by atoms with Crippen LogP contribution in [0.5, 0.6) is 5.75 Å². The highest BCUT2D eigenvalue weighted by Crippen LogP contribution is 2.35. The zero-order valence-corrected chi connectivity index (χ0v) is 42.8. The maximum atomic E-state index is 14.4. The van der Waals surface area contributed by atoms with Gasteiger partial charge in [-0.25, -0.2) is 47.7 Å². The van der Waals surface area contributed by atoms with Crippen LogP contribution in [-0.4, -0.2) is 78.7 Å². The minimum absolute atomic E-state index is 0.0191. The average Bonchev–Trinajstić information content (AvgIpc) is 4.22. The largest absolute Gasteiger partial charge is 0.446 e. The van der Waals surface area contributed by atoms with Crippen LogP contribution in [0.3, 0.4) is 0 Å². The molecule has 0 aliphatic heterocycles. The number of oxazole rings is 4. The Morgan fingerprint density at radius 3 is 1.91 bits per heavy atom. The standard InChI is InChI=1S/C50H51F5N8O11S/c1-11-23(4)36(40(64)61-35(22(2)3)47(66)73-39-33(54)31(52)30(51)32(53)34(39)55)62-41(65)37-38(24-15-13-12-14-16-24)72-45(63-37)26-18-69-44(57-26)29-21-75-46(59-29)28-19-70-42(58-28)25-17-68-43(56-25)27(20-71-49(5,6)7)60-48(67)74-50(8,9)10/h12-19,21-23,27,35-36H,11,20H2,1-10H3,(H,60,67)(H,61,64)(H,62,65)/t23-,27?,35+,36+/m1/s1. The lowest BCUT2D eigenvalue weighted by Crippen LogP contribution is -2.56. The summed E-state index contributed by atoms with van der Waals surface area (Å²) in [5.74, 6) is -18.5. The highest BCUT2D eigenvalue weighted by molar-refractivity contribution is 7.13. The molecule has 5 heterocycles. The molecular weight excluding hydrogens is 1020 g/mol. The highest BCUT2D eigenvalue weighted by Gasteiger charge is 2.37. The van der Waals surface area contributed by atoms with Crippen LogP contribution in [0, 0.1) is 40.9 Å². The number of esters is 1. The van der Waals surface area contributed by atoms with Gasteiger partial charge in [0.15, 0.2) is 22.8 Å². The van der Waals surface area contributed by atoms with Crippen molar-refractivity contribution in [3.05, 3.63) is 95.2 Å². The fraction of sp³-hybridized carbons (Fsp3) is 0.380. The molecule has 19 nitrogen and oxygen atoms in total. The van der Waals surface area contributed by atoms with Crippen LogP contribution >= 0.6 is 11.3 Å². The summed E-state index contributed by atoms with van der Waals surface area (Å²) in [7, 11) is 0. The Morgan fingerprint density at radius 2 is 1.28 bits per heavy atom. The van der Waals surface area contributed by atoms with E-state index in [1.807, 2.05) is 20.8 Å². The van der Waals surface area contributed by atoms with E-state index < -0.39 is 99.9 Å². The monoisotopic (exact) mass is 1070 g/mol. The molecule has 0 spiro atoms. The summed E-state index contributed by atoms with van der Waals surface area (Å²) in [5.41, 5.74) is -0.264. The minimum atomic E-state index is -2.46. The molecule has 0 bridgehead atoms. The third-order valence-corrected chi connectivity index (χ3v) is 11.7. The van der Waals surface area contributed by atoms with Gasteiger partial charge in [0.05, 0.1) is 12.2 Å². The number of halogens is 5. The van der Waals surface area contributed by atoms with Crippen molar-refractivity contribution in [2.45, 2.75) is 105 Å². The van der Waals surface area contributed by atoms with E-state index in [1.165, 1.54) is 44.0 Å². The van der Waals surface area contributed by atoms with Crippen molar-refractivity contribution in [3.63, 3.8) is 0 Å². The number of rotatable bonds is 18. The number of hydrogen-bond donors (Lipinski definition) is 3. The number of benzene rings is 2. The van der Waals surface area contributed by atoms with E-state index in [0.717, 1.165) is 0 Å². The van der Waals surface area contributed by atoms with Gasteiger partial charge in [0.1, 0.15) is 58.9 Å². The number of carbonyl (C=O) groups is 4. The quantitative estimate of drug-likeness (QED) is 0.0238. The van der Waals surface area contributed by atoms with Gasteiger partial charge in [0, 0.05) is 10.9 Å². The first-order valence-electron chi connectivity index (χ1n) is 23.2. The zero-order chi connectivity index (χ0) is 54.7. The molecule has 75 heavy (non-hydrogen) atoms. The second-order valence-electron chi connectivity index (χ2n) is 19.3. The molecule has 398 valence electrons. The average molecular weight is 1070 g/mol. The molecule has 0 aliphatic rings. The Bertz CT molecular complexity index is 3160.